The molecule has 2 aromatic rings. The van der Waals surface area contributed by atoms with Gasteiger partial charge in [0.15, 0.2) is 0 Å². The van der Waals surface area contributed by atoms with E-state index in [1.807, 2.05) is 49.4 Å². The van der Waals surface area contributed by atoms with Crippen LogP contribution in [0.15, 0.2) is 53.7 Å². The van der Waals surface area contributed by atoms with Gasteiger partial charge in [-0.1, -0.05) is 41.0 Å². The molecule has 30 heavy (non-hydrogen) atoms. The fourth-order valence-corrected chi connectivity index (χ4v) is 3.59. The van der Waals surface area contributed by atoms with Crippen molar-refractivity contribution in [2.75, 3.05) is 33.4 Å². The van der Waals surface area contributed by atoms with Crippen molar-refractivity contribution in [2.24, 2.45) is 5.16 Å². The molecule has 0 radical (unpaired) electrons. The maximum Gasteiger partial charge on any atom is 0.145 e. The first-order chi connectivity index (χ1) is 14.6. The molecule has 1 aliphatic heterocycles. The normalized spacial score (nSPS) is 17.0. The zero-order valence-electron chi connectivity index (χ0n) is 17.5. The Morgan fingerprint density at radius 1 is 1.27 bits per heavy atom. The molecule has 162 valence electrons. The van der Waals surface area contributed by atoms with E-state index >= 15 is 0 Å². The maximum atomic E-state index is 10.4. The Balaban J connectivity index is 1.63. The lowest BCUT2D eigenvalue weighted by atomic mass is 10.0. The molecule has 2 atom stereocenters. The number of rotatable bonds is 11. The number of aliphatic hydroxyl groups is 1. The summed E-state index contributed by atoms with van der Waals surface area (Å²) in [4.78, 5) is 7.87. The summed E-state index contributed by atoms with van der Waals surface area (Å²) in [7, 11) is 1.66. The van der Waals surface area contributed by atoms with Crippen molar-refractivity contribution in [1.82, 2.24) is 4.90 Å². The highest BCUT2D eigenvalue weighted by atomic mass is 35.5. The van der Waals surface area contributed by atoms with Crippen molar-refractivity contribution in [1.29, 1.82) is 0 Å². The predicted molar refractivity (Wildman–Crippen MR) is 118 cm³/mol. The summed E-state index contributed by atoms with van der Waals surface area (Å²) in [5, 5.41) is 15.4. The van der Waals surface area contributed by atoms with Gasteiger partial charge in [-0.2, -0.15) is 0 Å². The fourth-order valence-electron chi connectivity index (χ4n) is 3.46. The molecule has 2 aromatic carbocycles. The first kappa shape index (κ1) is 22.6. The highest BCUT2D eigenvalue weighted by Crippen LogP contribution is 2.21. The van der Waals surface area contributed by atoms with E-state index in [1.54, 1.807) is 7.11 Å². The number of hydrogen-bond donors (Lipinski definition) is 1. The van der Waals surface area contributed by atoms with Crippen LogP contribution >= 0.6 is 11.6 Å². The summed E-state index contributed by atoms with van der Waals surface area (Å²) in [6.07, 6.45) is 0.0480. The Morgan fingerprint density at radius 3 is 2.80 bits per heavy atom. The predicted octanol–water partition coefficient (Wildman–Crippen LogP) is 3.74. The summed E-state index contributed by atoms with van der Waals surface area (Å²) in [5.74, 6) is 0.813. The van der Waals surface area contributed by atoms with E-state index in [0.717, 1.165) is 22.6 Å². The van der Waals surface area contributed by atoms with Crippen LogP contribution in [0.25, 0.3) is 0 Å². The van der Waals surface area contributed by atoms with Gasteiger partial charge >= 0.3 is 0 Å². The Kier molecular flexibility index (Phi) is 8.51. The van der Waals surface area contributed by atoms with Gasteiger partial charge in [-0.15, -0.1) is 0 Å². The van der Waals surface area contributed by atoms with Gasteiger partial charge < -0.3 is 19.4 Å². The minimum atomic E-state index is -0.575. The highest BCUT2D eigenvalue weighted by molar-refractivity contribution is 6.30. The van der Waals surface area contributed by atoms with Crippen LogP contribution in [0.1, 0.15) is 24.5 Å². The summed E-state index contributed by atoms with van der Waals surface area (Å²) in [5.41, 5.74) is 3.03. The fraction of sp³-hybridized carbons (Fsp3) is 0.435. The Hall–Kier alpha value is -2.12. The van der Waals surface area contributed by atoms with E-state index in [0.29, 0.717) is 44.3 Å². The van der Waals surface area contributed by atoms with Crippen molar-refractivity contribution in [2.45, 2.75) is 32.1 Å². The quantitative estimate of drug-likeness (QED) is 0.586. The minimum Gasteiger partial charge on any atom is -0.497 e. The van der Waals surface area contributed by atoms with Gasteiger partial charge in [0.25, 0.3) is 0 Å². The average Bonchev–Trinajstić information content (AvgIpc) is 3.21. The van der Waals surface area contributed by atoms with Gasteiger partial charge in [-0.25, -0.2) is 0 Å². The van der Waals surface area contributed by atoms with Crippen molar-refractivity contribution < 1.29 is 19.4 Å². The number of benzene rings is 2. The van der Waals surface area contributed by atoms with Crippen LogP contribution in [0.4, 0.5) is 0 Å². The van der Waals surface area contributed by atoms with E-state index in [-0.39, 0.29) is 6.10 Å². The number of oxime groups is 1. The molecule has 0 spiro atoms. The Morgan fingerprint density at radius 2 is 2.07 bits per heavy atom. The second-order valence-electron chi connectivity index (χ2n) is 7.34. The standard InChI is InChI=1S/C23H29ClN2O4/c1-3-29-16-20(27)14-26(13-17-5-4-6-21(11-17)28-2)15-22-12-23(25-30-22)18-7-9-19(24)10-8-18/h4-11,20,22,27H,3,12-16H2,1-2H3/t20-,22-/m1/s1. The molecule has 7 heteroatoms. The lowest BCUT2D eigenvalue weighted by molar-refractivity contribution is 0.000485. The van der Waals surface area contributed by atoms with E-state index in [9.17, 15) is 5.11 Å². The lowest BCUT2D eigenvalue weighted by Gasteiger charge is -2.27. The average molecular weight is 433 g/mol. The van der Waals surface area contributed by atoms with E-state index in [1.165, 1.54) is 0 Å². The van der Waals surface area contributed by atoms with Crippen molar-refractivity contribution >= 4 is 17.3 Å². The van der Waals surface area contributed by atoms with Gasteiger partial charge in [0.1, 0.15) is 11.9 Å². The molecule has 1 N–H and O–H groups in total. The number of halogens is 1. The molecule has 0 saturated heterocycles. The second kappa shape index (κ2) is 11.3. The SMILES string of the molecule is CCOC[C@H](O)CN(Cc1cccc(OC)c1)C[C@H]1CC(c2ccc(Cl)cc2)=NO1. The minimum absolute atomic E-state index is 0.0828. The molecule has 3 rings (SSSR count). The zero-order valence-corrected chi connectivity index (χ0v) is 18.2. The van der Waals surface area contributed by atoms with Gasteiger partial charge in [-0.3, -0.25) is 4.90 Å². The first-order valence-electron chi connectivity index (χ1n) is 10.2. The molecule has 0 aromatic heterocycles. The molecule has 0 fully saturated rings. The molecule has 0 bridgehead atoms. The smallest absolute Gasteiger partial charge is 0.145 e. The molecule has 1 heterocycles. The lowest BCUT2D eigenvalue weighted by Crippen LogP contribution is -2.39. The highest BCUT2D eigenvalue weighted by Gasteiger charge is 2.26. The number of ether oxygens (including phenoxy) is 2. The van der Waals surface area contributed by atoms with Gasteiger partial charge in [0.2, 0.25) is 0 Å². The first-order valence-corrected chi connectivity index (χ1v) is 10.5. The van der Waals surface area contributed by atoms with Crippen LogP contribution in [0.3, 0.4) is 0 Å². The summed E-state index contributed by atoms with van der Waals surface area (Å²) < 4.78 is 10.7. The number of methoxy groups -OCH3 is 1. The van der Waals surface area contributed by atoms with Crippen LogP contribution in [-0.4, -0.2) is 61.3 Å². The van der Waals surface area contributed by atoms with Gasteiger partial charge in [0.05, 0.1) is 25.5 Å². The van der Waals surface area contributed by atoms with Crippen molar-refractivity contribution in [3.8, 4) is 5.75 Å². The van der Waals surface area contributed by atoms with E-state index < -0.39 is 6.10 Å². The largest absolute Gasteiger partial charge is 0.497 e. The van der Waals surface area contributed by atoms with Crippen molar-refractivity contribution in [3.63, 3.8) is 0 Å². The summed E-state index contributed by atoms with van der Waals surface area (Å²) >= 11 is 5.98. The molecular weight excluding hydrogens is 404 g/mol. The molecule has 0 amide bonds. The van der Waals surface area contributed by atoms with E-state index in [2.05, 4.69) is 16.1 Å². The second-order valence-corrected chi connectivity index (χ2v) is 7.77. The molecular formula is C23H29ClN2O4. The zero-order chi connectivity index (χ0) is 21.3. The van der Waals surface area contributed by atoms with Crippen LogP contribution in [-0.2, 0) is 16.1 Å². The molecule has 0 aliphatic carbocycles. The number of nitrogens with zero attached hydrogens (tertiary/aromatic N) is 2. The van der Waals surface area contributed by atoms with E-state index in [4.69, 9.17) is 25.9 Å². The molecule has 1 aliphatic rings. The van der Waals surface area contributed by atoms with Gasteiger partial charge in [-0.05, 0) is 42.3 Å². The van der Waals surface area contributed by atoms with Crippen LogP contribution in [0.2, 0.25) is 5.02 Å². The summed E-state index contributed by atoms with van der Waals surface area (Å²) in [6, 6.07) is 15.6. The van der Waals surface area contributed by atoms with Crippen LogP contribution < -0.4 is 4.74 Å². The van der Waals surface area contributed by atoms with Crippen molar-refractivity contribution in [3.05, 3.63) is 64.7 Å². The number of aliphatic hydroxyl groups excluding tert-OH is 1. The Labute approximate surface area is 183 Å². The monoisotopic (exact) mass is 432 g/mol. The summed E-state index contributed by atoms with van der Waals surface area (Å²) in [6.45, 7) is 4.59. The third-order valence-corrected chi connectivity index (χ3v) is 5.15. The molecule has 6 nitrogen and oxygen atoms in total. The Bertz CT molecular complexity index is 828. The molecule has 0 unspecified atom stereocenters. The maximum absolute atomic E-state index is 10.4. The number of hydrogen-bond acceptors (Lipinski definition) is 6. The van der Waals surface area contributed by atoms with Crippen LogP contribution in [0, 0.1) is 0 Å². The topological polar surface area (TPSA) is 63.5 Å². The van der Waals surface area contributed by atoms with Gasteiger partial charge in [0, 0.05) is 37.7 Å². The molecule has 0 saturated carbocycles. The van der Waals surface area contributed by atoms with Crippen LogP contribution in [0.5, 0.6) is 5.75 Å². The third-order valence-electron chi connectivity index (χ3n) is 4.90. The third kappa shape index (κ3) is 6.71.